The minimum atomic E-state index is -4.62. The first kappa shape index (κ1) is 29.0. The molecule has 0 aliphatic rings. The Morgan fingerprint density at radius 1 is 0.829 bits per heavy atom. The summed E-state index contributed by atoms with van der Waals surface area (Å²) in [5, 5.41) is 6.88. The normalized spacial score (nSPS) is 11.2. The van der Waals surface area contributed by atoms with Crippen molar-refractivity contribution >= 4 is 41.3 Å². The van der Waals surface area contributed by atoms with E-state index in [0.717, 1.165) is 17.7 Å². The fourth-order valence-electron chi connectivity index (χ4n) is 3.53. The summed E-state index contributed by atoms with van der Waals surface area (Å²) in [7, 11) is 0. The average Bonchev–Trinajstić information content (AvgIpc) is 2.94. The third-order valence-corrected chi connectivity index (χ3v) is 5.92. The number of hydrogen-bond donors (Lipinski definition) is 2. The SMILES string of the molecule is Cc1ccc(C(=O)Nc2ccc(C(=O)N/N=C/c3cc(Cl)ccc3OC(=O)c3cccc(C(F)(F)F)c3)cc2)cc1. The van der Waals surface area contributed by atoms with Gasteiger partial charge >= 0.3 is 12.1 Å². The number of rotatable bonds is 7. The zero-order valence-electron chi connectivity index (χ0n) is 21.3. The van der Waals surface area contributed by atoms with E-state index in [4.69, 9.17) is 16.3 Å². The van der Waals surface area contributed by atoms with Gasteiger partial charge in [-0.25, -0.2) is 10.2 Å². The number of halogens is 4. The third-order valence-electron chi connectivity index (χ3n) is 5.69. The molecular weight excluding hydrogens is 559 g/mol. The van der Waals surface area contributed by atoms with Gasteiger partial charge in [0.05, 0.1) is 17.3 Å². The number of esters is 1. The number of nitrogens with zero attached hydrogens (tertiary/aromatic N) is 1. The number of amides is 2. The molecule has 0 bridgehead atoms. The van der Waals surface area contributed by atoms with E-state index in [0.29, 0.717) is 17.3 Å². The minimum Gasteiger partial charge on any atom is -0.422 e. The van der Waals surface area contributed by atoms with Crippen molar-refractivity contribution in [2.24, 2.45) is 5.10 Å². The Labute approximate surface area is 237 Å². The second-order valence-electron chi connectivity index (χ2n) is 8.75. The summed E-state index contributed by atoms with van der Waals surface area (Å²) in [5.41, 5.74) is 3.48. The summed E-state index contributed by atoms with van der Waals surface area (Å²) in [5.74, 6) is -1.92. The number of carbonyl (C=O) groups is 3. The van der Waals surface area contributed by atoms with Crippen LogP contribution in [0.3, 0.4) is 0 Å². The molecule has 0 atom stereocenters. The van der Waals surface area contributed by atoms with Crippen molar-refractivity contribution in [2.75, 3.05) is 5.32 Å². The van der Waals surface area contributed by atoms with Crippen molar-refractivity contribution in [3.63, 3.8) is 0 Å². The van der Waals surface area contributed by atoms with Crippen molar-refractivity contribution in [1.29, 1.82) is 0 Å². The highest BCUT2D eigenvalue weighted by Crippen LogP contribution is 2.30. The van der Waals surface area contributed by atoms with Gasteiger partial charge in [0.25, 0.3) is 11.8 Å². The molecule has 0 aliphatic heterocycles. The molecule has 0 aromatic heterocycles. The summed E-state index contributed by atoms with van der Waals surface area (Å²) < 4.78 is 44.3. The molecule has 0 heterocycles. The highest BCUT2D eigenvalue weighted by Gasteiger charge is 2.31. The number of alkyl halides is 3. The van der Waals surface area contributed by atoms with Crippen LogP contribution in [0.4, 0.5) is 18.9 Å². The van der Waals surface area contributed by atoms with E-state index >= 15 is 0 Å². The number of ether oxygens (including phenoxy) is 1. The Bertz CT molecular complexity index is 1620. The summed E-state index contributed by atoms with van der Waals surface area (Å²) in [4.78, 5) is 37.4. The molecule has 0 aliphatic carbocycles. The summed E-state index contributed by atoms with van der Waals surface area (Å²) >= 11 is 6.03. The maximum absolute atomic E-state index is 13.0. The molecule has 208 valence electrons. The Hall–Kier alpha value is -4.96. The fraction of sp³-hybridized carbons (Fsp3) is 0.0667. The van der Waals surface area contributed by atoms with Crippen LogP contribution in [0, 0.1) is 6.92 Å². The topological polar surface area (TPSA) is 96.9 Å². The Morgan fingerprint density at radius 2 is 1.49 bits per heavy atom. The molecule has 41 heavy (non-hydrogen) atoms. The summed E-state index contributed by atoms with van der Waals surface area (Å²) in [6, 6.07) is 21.2. The quantitative estimate of drug-likeness (QED) is 0.108. The van der Waals surface area contributed by atoms with E-state index in [1.54, 1.807) is 24.3 Å². The van der Waals surface area contributed by atoms with E-state index in [2.05, 4.69) is 15.8 Å². The maximum atomic E-state index is 13.0. The van der Waals surface area contributed by atoms with Crippen LogP contribution in [0.5, 0.6) is 5.75 Å². The number of aryl methyl sites for hydroxylation is 1. The highest BCUT2D eigenvalue weighted by atomic mass is 35.5. The van der Waals surface area contributed by atoms with Crippen LogP contribution in [0.15, 0.2) is 96.1 Å². The fourth-order valence-corrected chi connectivity index (χ4v) is 3.71. The van der Waals surface area contributed by atoms with Gasteiger partial charge in [0.15, 0.2) is 0 Å². The number of hydrogen-bond acceptors (Lipinski definition) is 5. The number of benzene rings is 4. The zero-order valence-corrected chi connectivity index (χ0v) is 22.1. The number of hydrazone groups is 1. The largest absolute Gasteiger partial charge is 0.422 e. The molecule has 4 aromatic carbocycles. The van der Waals surface area contributed by atoms with Gasteiger partial charge in [-0.2, -0.15) is 18.3 Å². The first-order valence-electron chi connectivity index (χ1n) is 12.0. The van der Waals surface area contributed by atoms with Crippen molar-refractivity contribution < 1.29 is 32.3 Å². The molecule has 4 aromatic rings. The molecule has 0 saturated heterocycles. The molecule has 0 spiro atoms. The van der Waals surface area contributed by atoms with Crippen molar-refractivity contribution in [3.05, 3.63) is 129 Å². The van der Waals surface area contributed by atoms with Gasteiger partial charge in [0, 0.05) is 27.4 Å². The predicted molar refractivity (Wildman–Crippen MR) is 148 cm³/mol. The van der Waals surface area contributed by atoms with Crippen LogP contribution in [0.25, 0.3) is 0 Å². The molecule has 7 nitrogen and oxygen atoms in total. The van der Waals surface area contributed by atoms with Crippen molar-refractivity contribution in [3.8, 4) is 5.75 Å². The first-order chi connectivity index (χ1) is 19.5. The molecule has 0 fully saturated rings. The van der Waals surface area contributed by atoms with Crippen molar-refractivity contribution in [1.82, 2.24) is 5.43 Å². The molecule has 0 saturated carbocycles. The lowest BCUT2D eigenvalue weighted by Gasteiger charge is -2.10. The second kappa shape index (κ2) is 12.5. The summed E-state index contributed by atoms with van der Waals surface area (Å²) in [6.07, 6.45) is -3.45. The van der Waals surface area contributed by atoms with Gasteiger partial charge in [-0.05, 0) is 79.7 Å². The maximum Gasteiger partial charge on any atom is 0.416 e. The van der Waals surface area contributed by atoms with E-state index < -0.39 is 23.6 Å². The van der Waals surface area contributed by atoms with Crippen LogP contribution >= 0.6 is 11.6 Å². The number of carbonyl (C=O) groups excluding carboxylic acids is 3. The predicted octanol–water partition coefficient (Wildman–Crippen LogP) is 6.90. The summed E-state index contributed by atoms with van der Waals surface area (Å²) in [6.45, 7) is 1.92. The van der Waals surface area contributed by atoms with Crippen LogP contribution in [-0.4, -0.2) is 24.0 Å². The van der Waals surface area contributed by atoms with Gasteiger partial charge < -0.3 is 10.1 Å². The van der Waals surface area contributed by atoms with E-state index in [9.17, 15) is 27.6 Å². The Balaban J connectivity index is 1.40. The Morgan fingerprint density at radius 3 is 2.17 bits per heavy atom. The number of nitrogens with one attached hydrogen (secondary N) is 2. The zero-order chi connectivity index (χ0) is 29.6. The average molecular weight is 580 g/mol. The lowest BCUT2D eigenvalue weighted by atomic mass is 10.1. The molecule has 0 unspecified atom stereocenters. The van der Waals surface area contributed by atoms with Crippen LogP contribution in [-0.2, 0) is 6.18 Å². The van der Waals surface area contributed by atoms with Crippen molar-refractivity contribution in [2.45, 2.75) is 13.1 Å². The van der Waals surface area contributed by atoms with E-state index in [1.807, 2.05) is 19.1 Å². The lowest BCUT2D eigenvalue weighted by Crippen LogP contribution is -2.18. The third kappa shape index (κ3) is 7.80. The van der Waals surface area contributed by atoms with Crippen LogP contribution in [0.1, 0.15) is 47.8 Å². The lowest BCUT2D eigenvalue weighted by molar-refractivity contribution is -0.137. The second-order valence-corrected chi connectivity index (χ2v) is 9.18. The van der Waals surface area contributed by atoms with Gasteiger partial charge in [-0.1, -0.05) is 35.4 Å². The van der Waals surface area contributed by atoms with Gasteiger partial charge in [-0.15, -0.1) is 0 Å². The molecule has 11 heteroatoms. The monoisotopic (exact) mass is 579 g/mol. The molecular formula is C30H21ClF3N3O4. The van der Waals surface area contributed by atoms with Gasteiger partial charge in [0.1, 0.15) is 5.75 Å². The highest BCUT2D eigenvalue weighted by molar-refractivity contribution is 6.31. The molecule has 2 amide bonds. The molecule has 2 N–H and O–H groups in total. The smallest absolute Gasteiger partial charge is 0.416 e. The van der Waals surface area contributed by atoms with E-state index in [1.165, 1.54) is 42.6 Å². The number of anilines is 1. The Kier molecular flexibility index (Phi) is 8.84. The van der Waals surface area contributed by atoms with E-state index in [-0.39, 0.29) is 33.4 Å². The van der Waals surface area contributed by atoms with Crippen LogP contribution in [0.2, 0.25) is 5.02 Å². The van der Waals surface area contributed by atoms with Gasteiger partial charge in [-0.3, -0.25) is 9.59 Å². The standard InChI is InChI=1S/C30H21ClF3N3O4/c1-18-5-7-19(8-6-18)27(38)36-25-12-9-20(10-13-25)28(39)37-35-17-22-16-24(31)11-14-26(22)41-29(40)21-3-2-4-23(15-21)30(32,33)34/h2-17H,1H3,(H,36,38)(H,37,39)/b35-17+. The van der Waals surface area contributed by atoms with Gasteiger partial charge in [0.2, 0.25) is 0 Å². The molecule has 4 rings (SSSR count). The van der Waals surface area contributed by atoms with Crippen LogP contribution < -0.4 is 15.5 Å². The molecule has 0 radical (unpaired) electrons. The first-order valence-corrected chi connectivity index (χ1v) is 12.4. The minimum absolute atomic E-state index is 0.0384.